The summed E-state index contributed by atoms with van der Waals surface area (Å²) in [5.74, 6) is 0.847. The Kier molecular flexibility index (Phi) is 7.10. The van der Waals surface area contributed by atoms with Gasteiger partial charge in [0.1, 0.15) is 16.4 Å². The first-order chi connectivity index (χ1) is 14.5. The first-order valence-corrected chi connectivity index (χ1v) is 10.9. The van der Waals surface area contributed by atoms with E-state index in [0.717, 1.165) is 5.56 Å². The van der Waals surface area contributed by atoms with Gasteiger partial charge in [0.15, 0.2) is 0 Å². The number of benzene rings is 3. The van der Waals surface area contributed by atoms with Crippen molar-refractivity contribution in [2.45, 2.75) is 17.5 Å². The van der Waals surface area contributed by atoms with E-state index in [0.29, 0.717) is 11.3 Å². The standard InChI is InChI=1S/C23H25NO5S/c1-28-20-12-8-11-19(15-20)21(25)17-24(16-18-9-4-3-5-10-18)30(26,27)23-14-7-6-13-22(23)29-2/h3-15,21,25H,16-17H2,1-2H3/t21-/m0/s1. The average Bonchev–Trinajstić information content (AvgIpc) is 2.79. The molecule has 0 unspecified atom stereocenters. The lowest BCUT2D eigenvalue weighted by Gasteiger charge is -2.26. The zero-order valence-corrected chi connectivity index (χ0v) is 17.7. The largest absolute Gasteiger partial charge is 0.497 e. The van der Waals surface area contributed by atoms with Gasteiger partial charge in [0.05, 0.1) is 20.3 Å². The average molecular weight is 428 g/mol. The molecule has 0 radical (unpaired) electrons. The molecule has 0 aromatic heterocycles. The lowest BCUT2D eigenvalue weighted by Crippen LogP contribution is -2.34. The van der Waals surface area contributed by atoms with Crippen molar-refractivity contribution in [3.63, 3.8) is 0 Å². The number of hydrogen-bond donors (Lipinski definition) is 1. The van der Waals surface area contributed by atoms with E-state index in [1.54, 1.807) is 49.6 Å². The first kappa shape index (κ1) is 21.8. The maximum atomic E-state index is 13.5. The van der Waals surface area contributed by atoms with Crippen LogP contribution in [0.2, 0.25) is 0 Å². The van der Waals surface area contributed by atoms with Crippen LogP contribution in [0.25, 0.3) is 0 Å². The molecule has 1 N–H and O–H groups in total. The van der Waals surface area contributed by atoms with Gasteiger partial charge in [-0.25, -0.2) is 8.42 Å². The highest BCUT2D eigenvalue weighted by Crippen LogP contribution is 2.29. The first-order valence-electron chi connectivity index (χ1n) is 9.45. The minimum Gasteiger partial charge on any atom is -0.497 e. The second kappa shape index (κ2) is 9.75. The molecule has 7 heteroatoms. The fourth-order valence-corrected chi connectivity index (χ4v) is 4.74. The van der Waals surface area contributed by atoms with Gasteiger partial charge in [0, 0.05) is 13.1 Å². The van der Waals surface area contributed by atoms with Crippen molar-refractivity contribution < 1.29 is 23.0 Å². The molecule has 1 atom stereocenters. The fourth-order valence-electron chi connectivity index (χ4n) is 3.15. The van der Waals surface area contributed by atoms with Gasteiger partial charge >= 0.3 is 0 Å². The highest BCUT2D eigenvalue weighted by atomic mass is 32.2. The monoisotopic (exact) mass is 427 g/mol. The molecule has 6 nitrogen and oxygen atoms in total. The fraction of sp³-hybridized carbons (Fsp3) is 0.217. The molecule has 158 valence electrons. The predicted octanol–water partition coefficient (Wildman–Crippen LogP) is 3.63. The summed E-state index contributed by atoms with van der Waals surface area (Å²) in [6.45, 7) is -0.00923. The van der Waals surface area contributed by atoms with Crippen LogP contribution in [-0.2, 0) is 16.6 Å². The number of aliphatic hydroxyl groups excluding tert-OH is 1. The maximum Gasteiger partial charge on any atom is 0.247 e. The highest BCUT2D eigenvalue weighted by molar-refractivity contribution is 7.89. The van der Waals surface area contributed by atoms with E-state index in [4.69, 9.17) is 9.47 Å². The van der Waals surface area contributed by atoms with Crippen LogP contribution < -0.4 is 9.47 Å². The number of aliphatic hydroxyl groups is 1. The summed E-state index contributed by atoms with van der Waals surface area (Å²) >= 11 is 0. The van der Waals surface area contributed by atoms with Crippen LogP contribution in [0.3, 0.4) is 0 Å². The lowest BCUT2D eigenvalue weighted by atomic mass is 10.1. The van der Waals surface area contributed by atoms with Gasteiger partial charge in [-0.3, -0.25) is 0 Å². The molecule has 0 amide bonds. The summed E-state index contributed by atoms with van der Waals surface area (Å²) in [7, 11) is -0.971. The lowest BCUT2D eigenvalue weighted by molar-refractivity contribution is 0.145. The van der Waals surface area contributed by atoms with E-state index in [9.17, 15) is 13.5 Å². The molecular formula is C23H25NO5S. The third-order valence-corrected chi connectivity index (χ3v) is 6.59. The quantitative estimate of drug-likeness (QED) is 0.564. The van der Waals surface area contributed by atoms with Crippen molar-refractivity contribution in [3.8, 4) is 11.5 Å². The van der Waals surface area contributed by atoms with E-state index in [1.807, 2.05) is 30.3 Å². The van der Waals surface area contributed by atoms with Crippen LogP contribution in [0.5, 0.6) is 11.5 Å². The SMILES string of the molecule is COc1cccc([C@@H](O)CN(Cc2ccccc2)S(=O)(=O)c2ccccc2OC)c1. The molecule has 0 saturated carbocycles. The van der Waals surface area contributed by atoms with Crippen molar-refractivity contribution >= 4 is 10.0 Å². The third kappa shape index (κ3) is 4.99. The van der Waals surface area contributed by atoms with Gasteiger partial charge in [0.25, 0.3) is 0 Å². The summed E-state index contributed by atoms with van der Waals surface area (Å²) in [6.07, 6.45) is -1.03. The predicted molar refractivity (Wildman–Crippen MR) is 115 cm³/mol. The second-order valence-electron chi connectivity index (χ2n) is 6.73. The third-order valence-electron chi connectivity index (χ3n) is 4.74. The smallest absolute Gasteiger partial charge is 0.247 e. The van der Waals surface area contributed by atoms with Crippen LogP contribution in [-0.4, -0.2) is 38.6 Å². The molecule has 0 fully saturated rings. The van der Waals surface area contributed by atoms with E-state index in [2.05, 4.69) is 0 Å². The van der Waals surface area contributed by atoms with Crippen molar-refractivity contribution in [1.82, 2.24) is 4.31 Å². The normalized spacial score (nSPS) is 12.5. The number of sulfonamides is 1. The molecule has 3 aromatic carbocycles. The van der Waals surface area contributed by atoms with Crippen molar-refractivity contribution in [2.24, 2.45) is 0 Å². The van der Waals surface area contributed by atoms with E-state index < -0.39 is 16.1 Å². The summed E-state index contributed by atoms with van der Waals surface area (Å²) in [5, 5.41) is 10.8. The van der Waals surface area contributed by atoms with Gasteiger partial charge in [-0.05, 0) is 35.4 Å². The Morgan fingerprint density at radius 3 is 2.30 bits per heavy atom. The minimum absolute atomic E-state index is 0.0567. The number of rotatable bonds is 9. The number of para-hydroxylation sites is 1. The van der Waals surface area contributed by atoms with Crippen molar-refractivity contribution in [3.05, 3.63) is 90.0 Å². The van der Waals surface area contributed by atoms with E-state index >= 15 is 0 Å². The molecule has 0 saturated heterocycles. The van der Waals surface area contributed by atoms with Crippen LogP contribution in [0.4, 0.5) is 0 Å². The van der Waals surface area contributed by atoms with Gasteiger partial charge < -0.3 is 14.6 Å². The molecule has 0 aliphatic heterocycles. The van der Waals surface area contributed by atoms with E-state index in [1.165, 1.54) is 17.5 Å². The maximum absolute atomic E-state index is 13.5. The number of ether oxygens (including phenoxy) is 2. The van der Waals surface area contributed by atoms with Gasteiger partial charge in [-0.2, -0.15) is 4.31 Å². The summed E-state index contributed by atoms with van der Waals surface area (Å²) in [5.41, 5.74) is 1.39. The molecule has 0 heterocycles. The van der Waals surface area contributed by atoms with Crippen molar-refractivity contribution in [1.29, 1.82) is 0 Å². The number of methoxy groups -OCH3 is 2. The molecule has 30 heavy (non-hydrogen) atoms. The Hall–Kier alpha value is -2.87. The van der Waals surface area contributed by atoms with Crippen LogP contribution in [0.1, 0.15) is 17.2 Å². The Balaban J connectivity index is 1.97. The Bertz CT molecular complexity index is 1070. The van der Waals surface area contributed by atoms with E-state index in [-0.39, 0.29) is 23.7 Å². The molecule has 0 spiro atoms. The molecule has 3 rings (SSSR count). The molecule has 0 aliphatic carbocycles. The van der Waals surface area contributed by atoms with Gasteiger partial charge in [0.2, 0.25) is 10.0 Å². The number of nitrogens with zero attached hydrogens (tertiary/aromatic N) is 1. The summed E-state index contributed by atoms with van der Waals surface area (Å²) in [4.78, 5) is 0.0567. The van der Waals surface area contributed by atoms with Gasteiger partial charge in [-0.15, -0.1) is 0 Å². The zero-order chi connectivity index (χ0) is 21.6. The Labute approximate surface area is 177 Å². The number of hydrogen-bond acceptors (Lipinski definition) is 5. The molecular weight excluding hydrogens is 402 g/mol. The summed E-state index contributed by atoms with van der Waals surface area (Å²) < 4.78 is 38.8. The van der Waals surface area contributed by atoms with Gasteiger partial charge in [-0.1, -0.05) is 54.6 Å². The second-order valence-corrected chi connectivity index (χ2v) is 8.63. The minimum atomic E-state index is -3.94. The molecule has 0 bridgehead atoms. The molecule has 3 aromatic rings. The van der Waals surface area contributed by atoms with Crippen LogP contribution in [0.15, 0.2) is 83.8 Å². The van der Waals surface area contributed by atoms with Crippen LogP contribution in [0, 0.1) is 0 Å². The Morgan fingerprint density at radius 1 is 0.900 bits per heavy atom. The zero-order valence-electron chi connectivity index (χ0n) is 16.9. The Morgan fingerprint density at radius 2 is 1.60 bits per heavy atom. The topological polar surface area (TPSA) is 76.1 Å². The molecule has 0 aliphatic rings. The van der Waals surface area contributed by atoms with Crippen LogP contribution >= 0.6 is 0 Å². The highest BCUT2D eigenvalue weighted by Gasteiger charge is 2.30. The summed E-state index contributed by atoms with van der Waals surface area (Å²) in [6, 6.07) is 22.7. The van der Waals surface area contributed by atoms with Crippen molar-refractivity contribution in [2.75, 3.05) is 20.8 Å².